The van der Waals surface area contributed by atoms with Crippen LogP contribution in [0.3, 0.4) is 0 Å². The lowest BCUT2D eigenvalue weighted by Gasteiger charge is -2.19. The smallest absolute Gasteiger partial charge is 0.323 e. The number of hydrogen-bond donors (Lipinski definition) is 3. The van der Waals surface area contributed by atoms with Crippen LogP contribution in [0.15, 0.2) is 72.8 Å². The van der Waals surface area contributed by atoms with Crippen LogP contribution in [0.2, 0.25) is 0 Å². The second-order valence-electron chi connectivity index (χ2n) is 8.67. The first-order valence-electron chi connectivity index (χ1n) is 12.5. The number of methoxy groups -OCH3 is 1. The molecule has 3 aromatic carbocycles. The molecule has 0 aromatic heterocycles. The second-order valence-corrected chi connectivity index (χ2v) is 8.67. The van der Waals surface area contributed by atoms with E-state index >= 15 is 0 Å². The molecule has 3 aromatic rings. The van der Waals surface area contributed by atoms with Crippen LogP contribution in [0.25, 0.3) is 0 Å². The molecule has 0 saturated heterocycles. The Balaban J connectivity index is 1.53. The van der Waals surface area contributed by atoms with Crippen molar-refractivity contribution < 1.29 is 14.3 Å². The number of carbonyl (C=O) groups excluding carboxylic acids is 2. The summed E-state index contributed by atoms with van der Waals surface area (Å²) in [7, 11) is 3.55. The molecule has 3 amide bonds. The van der Waals surface area contributed by atoms with Gasteiger partial charge in [-0.3, -0.25) is 4.79 Å². The average molecular weight is 504 g/mol. The number of anilines is 3. The molecule has 3 N–H and O–H groups in total. The Morgan fingerprint density at radius 3 is 2.16 bits per heavy atom. The van der Waals surface area contributed by atoms with E-state index in [4.69, 9.17) is 4.74 Å². The number of amides is 3. The molecule has 0 bridgehead atoms. The number of rotatable bonds is 12. The van der Waals surface area contributed by atoms with Gasteiger partial charge in [0.05, 0.1) is 12.7 Å². The van der Waals surface area contributed by atoms with E-state index in [1.165, 1.54) is 7.11 Å². The van der Waals surface area contributed by atoms with Gasteiger partial charge in [0.2, 0.25) is 0 Å². The van der Waals surface area contributed by atoms with Crippen molar-refractivity contribution in [1.29, 1.82) is 0 Å². The summed E-state index contributed by atoms with van der Waals surface area (Å²) in [6.07, 6.45) is 0. The summed E-state index contributed by atoms with van der Waals surface area (Å²) in [6.45, 7) is 8.15. The number of nitrogens with one attached hydrogen (secondary N) is 3. The molecular weight excluding hydrogens is 466 g/mol. The van der Waals surface area contributed by atoms with E-state index in [9.17, 15) is 9.59 Å². The van der Waals surface area contributed by atoms with E-state index in [0.717, 1.165) is 37.4 Å². The molecule has 3 rings (SSSR count). The number of likely N-dealkylation sites (N-methyl/N-ethyl adjacent to an activating group) is 1. The van der Waals surface area contributed by atoms with Crippen LogP contribution in [0.1, 0.15) is 29.8 Å². The first-order chi connectivity index (χ1) is 17.9. The van der Waals surface area contributed by atoms with Gasteiger partial charge in [-0.05, 0) is 55.1 Å². The Morgan fingerprint density at radius 2 is 1.51 bits per heavy atom. The highest BCUT2D eigenvalue weighted by Gasteiger charge is 2.14. The van der Waals surface area contributed by atoms with Gasteiger partial charge in [-0.25, -0.2) is 4.79 Å². The van der Waals surface area contributed by atoms with Crippen LogP contribution in [0, 0.1) is 0 Å². The summed E-state index contributed by atoms with van der Waals surface area (Å²) >= 11 is 0. The van der Waals surface area contributed by atoms with Gasteiger partial charge in [0.1, 0.15) is 5.75 Å². The highest BCUT2D eigenvalue weighted by atomic mass is 16.5. The van der Waals surface area contributed by atoms with E-state index in [0.29, 0.717) is 29.2 Å². The third-order valence-electron chi connectivity index (χ3n) is 6.14. The van der Waals surface area contributed by atoms with Crippen molar-refractivity contribution in [3.63, 3.8) is 0 Å². The van der Waals surface area contributed by atoms with Crippen LogP contribution < -0.4 is 25.6 Å². The maximum absolute atomic E-state index is 12.6. The van der Waals surface area contributed by atoms with E-state index < -0.39 is 0 Å². The number of ether oxygens (including phenoxy) is 1. The molecule has 0 aliphatic rings. The molecule has 8 nitrogen and oxygen atoms in total. The Bertz CT molecular complexity index is 1150. The van der Waals surface area contributed by atoms with Crippen LogP contribution in [0.4, 0.5) is 21.9 Å². The molecule has 0 aliphatic heterocycles. The zero-order valence-electron chi connectivity index (χ0n) is 22.1. The summed E-state index contributed by atoms with van der Waals surface area (Å²) in [5, 5.41) is 8.56. The lowest BCUT2D eigenvalue weighted by atomic mass is 10.1. The maximum atomic E-state index is 12.6. The molecule has 0 saturated carbocycles. The number of carbonyl (C=O) groups is 2. The first-order valence-corrected chi connectivity index (χ1v) is 12.5. The topological polar surface area (TPSA) is 85.9 Å². The van der Waals surface area contributed by atoms with Gasteiger partial charge in [-0.1, -0.05) is 44.2 Å². The molecule has 0 heterocycles. The fourth-order valence-corrected chi connectivity index (χ4v) is 3.95. The highest BCUT2D eigenvalue weighted by Crippen LogP contribution is 2.24. The van der Waals surface area contributed by atoms with E-state index in [1.54, 1.807) is 18.2 Å². The van der Waals surface area contributed by atoms with Gasteiger partial charge in [0.15, 0.2) is 0 Å². The number of nitrogens with zero attached hydrogens (tertiary/aromatic N) is 2. The predicted octanol–water partition coefficient (Wildman–Crippen LogP) is 5.05. The summed E-state index contributed by atoms with van der Waals surface area (Å²) in [4.78, 5) is 29.6. The fraction of sp³-hybridized carbons (Fsp3) is 0.310. The van der Waals surface area contributed by atoms with Crippen molar-refractivity contribution in [1.82, 2.24) is 10.2 Å². The highest BCUT2D eigenvalue weighted by molar-refractivity contribution is 6.01. The Labute approximate surface area is 219 Å². The van der Waals surface area contributed by atoms with E-state index in [2.05, 4.69) is 51.7 Å². The number of urea groups is 1. The van der Waals surface area contributed by atoms with Crippen molar-refractivity contribution in [2.75, 3.05) is 55.9 Å². The average Bonchev–Trinajstić information content (AvgIpc) is 2.92. The molecule has 37 heavy (non-hydrogen) atoms. The summed E-state index contributed by atoms with van der Waals surface area (Å²) in [5.74, 6) is 0.183. The standard InChI is InChI=1S/C29H37N5O3/c1-5-34(6-2)19-18-30-28(35)26-17-16-24(20-27(26)37-4)32-29(36)31-23-14-12-22(13-15-23)21-33(3)25-10-8-7-9-11-25/h7-17,20H,5-6,18-19,21H2,1-4H3,(H,30,35)(H2,31,32,36). The van der Waals surface area contributed by atoms with Crippen LogP contribution in [-0.2, 0) is 6.54 Å². The van der Waals surface area contributed by atoms with Crippen molar-refractivity contribution in [2.24, 2.45) is 0 Å². The number of hydrogen-bond acceptors (Lipinski definition) is 5. The van der Waals surface area contributed by atoms with Crippen LogP contribution in [-0.4, -0.2) is 57.2 Å². The second kappa shape index (κ2) is 13.9. The minimum atomic E-state index is -0.382. The molecule has 196 valence electrons. The lowest BCUT2D eigenvalue weighted by molar-refractivity contribution is 0.0946. The van der Waals surface area contributed by atoms with Crippen molar-refractivity contribution in [3.8, 4) is 5.75 Å². The SMILES string of the molecule is CCN(CC)CCNC(=O)c1ccc(NC(=O)Nc2ccc(CN(C)c3ccccc3)cc2)cc1OC. The van der Waals surface area contributed by atoms with Crippen molar-refractivity contribution in [2.45, 2.75) is 20.4 Å². The predicted molar refractivity (Wildman–Crippen MR) is 151 cm³/mol. The largest absolute Gasteiger partial charge is 0.496 e. The zero-order chi connectivity index (χ0) is 26.6. The van der Waals surface area contributed by atoms with E-state index in [1.807, 2.05) is 49.5 Å². The molecule has 0 aliphatic carbocycles. The summed E-state index contributed by atoms with van der Waals surface area (Å²) in [5.41, 5.74) is 3.90. The maximum Gasteiger partial charge on any atom is 0.323 e. The minimum absolute atomic E-state index is 0.210. The fourth-order valence-electron chi connectivity index (χ4n) is 3.95. The Morgan fingerprint density at radius 1 is 0.865 bits per heavy atom. The van der Waals surface area contributed by atoms with Gasteiger partial charge >= 0.3 is 6.03 Å². The molecule has 0 fully saturated rings. The van der Waals surface area contributed by atoms with Gasteiger partial charge in [-0.2, -0.15) is 0 Å². The molecule has 0 spiro atoms. The van der Waals surface area contributed by atoms with Crippen LogP contribution in [0.5, 0.6) is 5.75 Å². The third-order valence-corrected chi connectivity index (χ3v) is 6.14. The van der Waals surface area contributed by atoms with Gasteiger partial charge in [-0.15, -0.1) is 0 Å². The molecule has 0 radical (unpaired) electrons. The molecule has 0 unspecified atom stereocenters. The first kappa shape index (κ1) is 27.5. The van der Waals surface area contributed by atoms with E-state index in [-0.39, 0.29) is 11.9 Å². The minimum Gasteiger partial charge on any atom is -0.496 e. The molecule has 8 heteroatoms. The molecular formula is C29H37N5O3. The van der Waals surface area contributed by atoms with Gasteiger partial charge in [0.25, 0.3) is 5.91 Å². The lowest BCUT2D eigenvalue weighted by Crippen LogP contribution is -2.34. The van der Waals surface area contributed by atoms with Gasteiger partial charge < -0.3 is 30.5 Å². The van der Waals surface area contributed by atoms with Gasteiger partial charge in [0, 0.05) is 49.8 Å². The summed E-state index contributed by atoms with van der Waals surface area (Å²) in [6, 6.07) is 22.5. The summed E-state index contributed by atoms with van der Waals surface area (Å²) < 4.78 is 5.41. The third kappa shape index (κ3) is 8.25. The van der Waals surface area contributed by atoms with Crippen molar-refractivity contribution >= 4 is 29.0 Å². The Hall–Kier alpha value is -4.04. The van der Waals surface area contributed by atoms with Crippen LogP contribution >= 0.6 is 0 Å². The number of benzene rings is 3. The normalized spacial score (nSPS) is 10.6. The molecule has 0 atom stereocenters. The van der Waals surface area contributed by atoms with Crippen molar-refractivity contribution in [3.05, 3.63) is 83.9 Å². The Kier molecular flexibility index (Phi) is 10.3. The number of para-hydroxylation sites is 1. The monoisotopic (exact) mass is 503 g/mol. The quantitative estimate of drug-likeness (QED) is 0.322. The zero-order valence-corrected chi connectivity index (χ0v) is 22.1.